The third-order valence-corrected chi connectivity index (χ3v) is 2.78. The Hall–Kier alpha value is -2.36. The molecule has 1 amide bonds. The van der Waals surface area contributed by atoms with Gasteiger partial charge >= 0.3 is 5.97 Å². The minimum atomic E-state index is -1.39. The first-order valence-corrected chi connectivity index (χ1v) is 5.88. The lowest BCUT2D eigenvalue weighted by molar-refractivity contribution is -0.144. The van der Waals surface area contributed by atoms with Gasteiger partial charge in [-0.25, -0.2) is 4.79 Å². The van der Waals surface area contributed by atoms with Gasteiger partial charge in [0.2, 0.25) is 0 Å². The summed E-state index contributed by atoms with van der Waals surface area (Å²) in [5.74, 6) is -1.52. The van der Waals surface area contributed by atoms with E-state index in [4.69, 9.17) is 0 Å². The molecule has 4 nitrogen and oxygen atoms in total. The van der Waals surface area contributed by atoms with Crippen LogP contribution in [0.5, 0.6) is 0 Å². The lowest BCUT2D eigenvalue weighted by Crippen LogP contribution is -2.54. The highest BCUT2D eigenvalue weighted by Crippen LogP contribution is 2.18. The zero-order chi connectivity index (χ0) is 14.3. The summed E-state index contributed by atoms with van der Waals surface area (Å²) in [5, 5.41) is 11.9. The number of benzene rings is 1. The molecule has 0 aliphatic rings. The minimum absolute atomic E-state index is 0.132. The second-order valence-electron chi connectivity index (χ2n) is 4.19. The zero-order valence-corrected chi connectivity index (χ0v) is 10.6. The molecule has 1 rings (SSSR count). The number of carboxylic acid groups (broad SMARTS) is 1. The standard InChI is InChI=1S/C15H17NO3/c1-3-10-15(11-4-2,14(18)19)16-13(17)12-8-6-5-7-9-12/h3-9H,1-2,10-11H2,(H,16,17)(H,18,19). The van der Waals surface area contributed by atoms with Crippen molar-refractivity contribution in [2.75, 3.05) is 0 Å². The number of carboxylic acids is 1. The van der Waals surface area contributed by atoms with Gasteiger partial charge in [-0.2, -0.15) is 0 Å². The van der Waals surface area contributed by atoms with E-state index in [1.165, 1.54) is 12.2 Å². The van der Waals surface area contributed by atoms with Crippen LogP contribution in [0.3, 0.4) is 0 Å². The van der Waals surface area contributed by atoms with Crippen molar-refractivity contribution in [3.8, 4) is 0 Å². The number of nitrogens with one attached hydrogen (secondary N) is 1. The second kappa shape index (κ2) is 6.54. The zero-order valence-electron chi connectivity index (χ0n) is 10.6. The van der Waals surface area contributed by atoms with Crippen molar-refractivity contribution < 1.29 is 14.7 Å². The van der Waals surface area contributed by atoms with Gasteiger partial charge in [0.05, 0.1) is 0 Å². The first-order chi connectivity index (χ1) is 9.05. The Labute approximate surface area is 112 Å². The van der Waals surface area contributed by atoms with Crippen LogP contribution in [0.1, 0.15) is 23.2 Å². The van der Waals surface area contributed by atoms with Gasteiger partial charge in [-0.05, 0) is 25.0 Å². The summed E-state index contributed by atoms with van der Waals surface area (Å²) in [6.07, 6.45) is 3.21. The van der Waals surface area contributed by atoms with E-state index in [1.807, 2.05) is 0 Å². The molecule has 4 heteroatoms. The Morgan fingerprint density at radius 2 is 1.68 bits per heavy atom. The van der Waals surface area contributed by atoms with E-state index in [-0.39, 0.29) is 12.8 Å². The van der Waals surface area contributed by atoms with Crippen molar-refractivity contribution in [1.82, 2.24) is 5.32 Å². The Balaban J connectivity index is 3.00. The molecule has 0 fully saturated rings. The predicted molar refractivity (Wildman–Crippen MR) is 73.9 cm³/mol. The summed E-state index contributed by atoms with van der Waals surface area (Å²) >= 11 is 0. The molecule has 0 atom stereocenters. The molecule has 0 aliphatic heterocycles. The molecule has 0 unspecified atom stereocenters. The molecule has 1 aromatic carbocycles. The number of rotatable bonds is 7. The van der Waals surface area contributed by atoms with E-state index in [1.54, 1.807) is 30.3 Å². The van der Waals surface area contributed by atoms with Crippen LogP contribution in [0.25, 0.3) is 0 Å². The molecule has 0 saturated carbocycles. The molecule has 0 saturated heterocycles. The van der Waals surface area contributed by atoms with Crippen LogP contribution >= 0.6 is 0 Å². The van der Waals surface area contributed by atoms with E-state index >= 15 is 0 Å². The summed E-state index contributed by atoms with van der Waals surface area (Å²) in [6.45, 7) is 7.08. The molecule has 0 aliphatic carbocycles. The predicted octanol–water partition coefficient (Wildman–Crippen LogP) is 2.39. The van der Waals surface area contributed by atoms with Crippen LogP contribution in [-0.2, 0) is 4.79 Å². The first kappa shape index (κ1) is 14.7. The van der Waals surface area contributed by atoms with Crippen LogP contribution in [0.2, 0.25) is 0 Å². The number of aliphatic carboxylic acids is 1. The Bertz CT molecular complexity index is 469. The first-order valence-electron chi connectivity index (χ1n) is 5.88. The molecule has 0 aromatic heterocycles. The van der Waals surface area contributed by atoms with E-state index in [2.05, 4.69) is 18.5 Å². The van der Waals surface area contributed by atoms with Crippen molar-refractivity contribution >= 4 is 11.9 Å². The van der Waals surface area contributed by atoms with Crippen LogP contribution in [0, 0.1) is 0 Å². The fourth-order valence-corrected chi connectivity index (χ4v) is 1.79. The summed E-state index contributed by atoms with van der Waals surface area (Å²) in [6, 6.07) is 8.49. The fraction of sp³-hybridized carbons (Fsp3) is 0.200. The number of hydrogen-bond acceptors (Lipinski definition) is 2. The smallest absolute Gasteiger partial charge is 0.330 e. The summed E-state index contributed by atoms with van der Waals surface area (Å²) in [4.78, 5) is 23.5. The average molecular weight is 259 g/mol. The molecule has 19 heavy (non-hydrogen) atoms. The van der Waals surface area contributed by atoms with Crippen molar-refractivity contribution in [3.63, 3.8) is 0 Å². The molecule has 0 spiro atoms. The van der Waals surface area contributed by atoms with Crippen LogP contribution in [0.15, 0.2) is 55.6 Å². The van der Waals surface area contributed by atoms with Gasteiger partial charge in [0, 0.05) is 5.56 Å². The van der Waals surface area contributed by atoms with E-state index in [0.29, 0.717) is 5.56 Å². The highest BCUT2D eigenvalue weighted by atomic mass is 16.4. The maximum absolute atomic E-state index is 12.1. The fourth-order valence-electron chi connectivity index (χ4n) is 1.79. The molecule has 0 bridgehead atoms. The van der Waals surface area contributed by atoms with E-state index in [0.717, 1.165) is 0 Å². The summed E-state index contributed by atoms with van der Waals surface area (Å²) in [5.41, 5.74) is -0.975. The minimum Gasteiger partial charge on any atom is -0.479 e. The van der Waals surface area contributed by atoms with E-state index in [9.17, 15) is 14.7 Å². The summed E-state index contributed by atoms with van der Waals surface area (Å²) in [7, 11) is 0. The number of carbonyl (C=O) groups is 2. The van der Waals surface area contributed by atoms with Gasteiger partial charge in [0.1, 0.15) is 5.54 Å². The van der Waals surface area contributed by atoms with Gasteiger partial charge < -0.3 is 10.4 Å². The third-order valence-electron chi connectivity index (χ3n) is 2.78. The normalized spacial score (nSPS) is 10.5. The maximum Gasteiger partial charge on any atom is 0.330 e. The van der Waals surface area contributed by atoms with Crippen LogP contribution < -0.4 is 5.32 Å². The Kier molecular flexibility index (Phi) is 5.06. The molecule has 0 radical (unpaired) electrons. The second-order valence-corrected chi connectivity index (χ2v) is 4.19. The van der Waals surface area contributed by atoms with Gasteiger partial charge in [-0.3, -0.25) is 4.79 Å². The lowest BCUT2D eigenvalue weighted by Gasteiger charge is -2.28. The molecule has 2 N–H and O–H groups in total. The van der Waals surface area contributed by atoms with Crippen molar-refractivity contribution in [2.24, 2.45) is 0 Å². The summed E-state index contributed by atoms with van der Waals surface area (Å²) < 4.78 is 0. The van der Waals surface area contributed by atoms with Crippen molar-refractivity contribution in [2.45, 2.75) is 18.4 Å². The topological polar surface area (TPSA) is 66.4 Å². The molecule has 100 valence electrons. The third kappa shape index (κ3) is 3.55. The Morgan fingerprint density at radius 1 is 1.16 bits per heavy atom. The maximum atomic E-state index is 12.1. The van der Waals surface area contributed by atoms with Gasteiger partial charge in [0.25, 0.3) is 5.91 Å². The lowest BCUT2D eigenvalue weighted by atomic mass is 9.90. The largest absolute Gasteiger partial charge is 0.479 e. The molecule has 1 aromatic rings. The number of amides is 1. The van der Waals surface area contributed by atoms with Crippen LogP contribution in [0.4, 0.5) is 0 Å². The molecular weight excluding hydrogens is 242 g/mol. The van der Waals surface area contributed by atoms with E-state index < -0.39 is 17.4 Å². The number of carbonyl (C=O) groups excluding carboxylic acids is 1. The Morgan fingerprint density at radius 3 is 2.11 bits per heavy atom. The monoisotopic (exact) mass is 259 g/mol. The van der Waals surface area contributed by atoms with Gasteiger partial charge in [0.15, 0.2) is 0 Å². The average Bonchev–Trinajstić information content (AvgIpc) is 2.40. The van der Waals surface area contributed by atoms with Gasteiger partial charge in [-0.1, -0.05) is 30.4 Å². The van der Waals surface area contributed by atoms with Gasteiger partial charge in [-0.15, -0.1) is 13.2 Å². The highest BCUT2D eigenvalue weighted by molar-refractivity contribution is 5.98. The highest BCUT2D eigenvalue weighted by Gasteiger charge is 2.37. The quantitative estimate of drug-likeness (QED) is 0.739. The molecular formula is C15H17NO3. The van der Waals surface area contributed by atoms with Crippen molar-refractivity contribution in [1.29, 1.82) is 0 Å². The SMILES string of the molecule is C=CCC(CC=C)(NC(=O)c1ccccc1)C(=O)O. The van der Waals surface area contributed by atoms with Crippen molar-refractivity contribution in [3.05, 3.63) is 61.2 Å². The molecule has 0 heterocycles. The van der Waals surface area contributed by atoms with Crippen LogP contribution in [-0.4, -0.2) is 22.5 Å². The number of hydrogen-bond donors (Lipinski definition) is 2.